The third-order valence-corrected chi connectivity index (χ3v) is 6.20. The summed E-state index contributed by atoms with van der Waals surface area (Å²) in [6.07, 6.45) is -3.18. The number of nitrogens with zero attached hydrogens (tertiary/aromatic N) is 3. The number of carbonyl (C=O) groups excluding carboxylic acids is 3. The number of hydrogen-bond acceptors (Lipinski definition) is 9. The lowest BCUT2D eigenvalue weighted by Gasteiger charge is -2.43. The predicted molar refractivity (Wildman–Crippen MR) is 117 cm³/mol. The van der Waals surface area contributed by atoms with Gasteiger partial charge in [-0.25, -0.2) is 0 Å². The summed E-state index contributed by atoms with van der Waals surface area (Å²) in [6.45, 7) is 3.32. The van der Waals surface area contributed by atoms with Crippen LogP contribution in [0.15, 0.2) is 23.3 Å². The van der Waals surface area contributed by atoms with E-state index in [4.69, 9.17) is 47.7 Å². The van der Waals surface area contributed by atoms with Crippen molar-refractivity contribution in [1.82, 2.24) is 0 Å². The maximum Gasteiger partial charge on any atom is 0.303 e. The van der Waals surface area contributed by atoms with Crippen LogP contribution in [0.4, 0.5) is 0 Å². The van der Waals surface area contributed by atoms with Crippen molar-refractivity contribution in [1.29, 1.82) is 0 Å². The largest absolute Gasteiger partial charge is 0.463 e. The van der Waals surface area contributed by atoms with Gasteiger partial charge in [-0.1, -0.05) is 34.4 Å². The van der Waals surface area contributed by atoms with Crippen LogP contribution in [0.3, 0.4) is 0 Å². The lowest BCUT2D eigenvalue weighted by Crippen LogP contribution is -2.59. The van der Waals surface area contributed by atoms with Crippen molar-refractivity contribution in [3.8, 4) is 0 Å². The van der Waals surface area contributed by atoms with E-state index in [0.29, 0.717) is 15.8 Å². The molecule has 1 saturated heterocycles. The van der Waals surface area contributed by atoms with E-state index in [1.165, 1.54) is 32.5 Å². The molecule has 32 heavy (non-hydrogen) atoms. The van der Waals surface area contributed by atoms with Gasteiger partial charge in [0.15, 0.2) is 0 Å². The number of hydrogen-bond donors (Lipinski definition) is 0. The van der Waals surface area contributed by atoms with Crippen molar-refractivity contribution in [2.24, 2.45) is 5.11 Å². The fourth-order valence-electron chi connectivity index (χ4n) is 3.02. The number of azide groups is 1. The van der Waals surface area contributed by atoms with E-state index in [1.807, 2.05) is 0 Å². The van der Waals surface area contributed by atoms with Gasteiger partial charge >= 0.3 is 17.9 Å². The molecule has 5 atom stereocenters. The van der Waals surface area contributed by atoms with E-state index in [-0.39, 0.29) is 6.61 Å². The van der Waals surface area contributed by atoms with Crippen molar-refractivity contribution >= 4 is 52.9 Å². The number of rotatable bonds is 8. The van der Waals surface area contributed by atoms with Crippen molar-refractivity contribution in [2.75, 3.05) is 6.61 Å². The lowest BCUT2D eigenvalue weighted by atomic mass is 9.97. The highest BCUT2D eigenvalue weighted by molar-refractivity contribution is 7.99. The van der Waals surface area contributed by atoms with E-state index in [9.17, 15) is 14.4 Å². The van der Waals surface area contributed by atoms with Crippen molar-refractivity contribution < 1.29 is 33.3 Å². The Morgan fingerprint density at radius 1 is 1.09 bits per heavy atom. The molecule has 2 unspecified atom stereocenters. The topological polar surface area (TPSA) is 137 Å². The Hall–Kier alpha value is -2.17. The first kappa shape index (κ1) is 26.1. The molecule has 1 aliphatic heterocycles. The third kappa shape index (κ3) is 7.46. The molecule has 1 aromatic rings. The Morgan fingerprint density at radius 3 is 2.31 bits per heavy atom. The molecule has 2 rings (SSSR count). The number of benzene rings is 1. The molecule has 0 bridgehead atoms. The first-order valence-corrected chi connectivity index (χ1v) is 11.2. The third-order valence-electron chi connectivity index (χ3n) is 4.26. The van der Waals surface area contributed by atoms with Gasteiger partial charge in [-0.05, 0) is 23.2 Å². The van der Waals surface area contributed by atoms with E-state index < -0.39 is 47.7 Å². The van der Waals surface area contributed by atoms with Crippen LogP contribution in [0.5, 0.6) is 0 Å². The zero-order valence-electron chi connectivity index (χ0n) is 17.4. The molecule has 1 aliphatic rings. The number of ether oxygens (including phenoxy) is 4. The Kier molecular flexibility index (Phi) is 9.92. The first-order valence-electron chi connectivity index (χ1n) is 9.35. The second kappa shape index (κ2) is 12.2. The van der Waals surface area contributed by atoms with Crippen LogP contribution in [0.25, 0.3) is 10.4 Å². The van der Waals surface area contributed by atoms with Gasteiger partial charge in [0, 0.05) is 31.4 Å². The molecule has 1 aromatic carbocycles. The van der Waals surface area contributed by atoms with Crippen molar-refractivity contribution in [3.05, 3.63) is 44.3 Å². The van der Waals surface area contributed by atoms with Crippen LogP contribution in [-0.4, -0.2) is 54.3 Å². The number of esters is 3. The molecular weight excluding hydrogens is 485 g/mol. The van der Waals surface area contributed by atoms with Gasteiger partial charge in [0.25, 0.3) is 0 Å². The second-order valence-corrected chi connectivity index (χ2v) is 8.65. The maximum atomic E-state index is 11.8. The zero-order valence-corrected chi connectivity index (χ0v) is 19.7. The normalized spacial score (nSPS) is 24.7. The molecule has 10 nitrogen and oxygen atoms in total. The monoisotopic (exact) mass is 505 g/mol. The summed E-state index contributed by atoms with van der Waals surface area (Å²) >= 11 is 13.3. The minimum atomic E-state index is -1.14. The van der Waals surface area contributed by atoms with Gasteiger partial charge in [0.1, 0.15) is 36.4 Å². The minimum absolute atomic E-state index is 0.263. The smallest absolute Gasteiger partial charge is 0.303 e. The van der Waals surface area contributed by atoms with Gasteiger partial charge in [-0.3, -0.25) is 14.4 Å². The van der Waals surface area contributed by atoms with E-state index in [2.05, 4.69) is 10.0 Å². The molecule has 0 radical (unpaired) electrons. The Balaban J connectivity index is 2.35. The quantitative estimate of drug-likeness (QED) is 0.169. The van der Waals surface area contributed by atoms with E-state index >= 15 is 0 Å². The summed E-state index contributed by atoms with van der Waals surface area (Å²) in [5.41, 5.74) is 9.07. The van der Waals surface area contributed by atoms with Gasteiger partial charge in [-0.2, -0.15) is 0 Å². The first-order chi connectivity index (χ1) is 15.1. The van der Waals surface area contributed by atoms with Gasteiger partial charge in [-0.15, -0.1) is 11.8 Å². The molecule has 13 heteroatoms. The number of halogens is 2. The van der Waals surface area contributed by atoms with Gasteiger partial charge in [0.05, 0.1) is 10.0 Å². The molecule has 174 valence electrons. The van der Waals surface area contributed by atoms with Gasteiger partial charge in [0.2, 0.25) is 0 Å². The van der Waals surface area contributed by atoms with Crippen molar-refractivity contribution in [3.63, 3.8) is 0 Å². The van der Waals surface area contributed by atoms with Crippen LogP contribution >= 0.6 is 35.0 Å². The molecule has 0 amide bonds. The Labute approximate surface area is 198 Å². The highest BCUT2D eigenvalue weighted by atomic mass is 35.5. The second-order valence-electron chi connectivity index (χ2n) is 6.75. The summed E-state index contributed by atoms with van der Waals surface area (Å²) in [7, 11) is 0. The predicted octanol–water partition coefficient (Wildman–Crippen LogP) is 4.06. The average molecular weight is 506 g/mol. The van der Waals surface area contributed by atoms with Gasteiger partial charge < -0.3 is 18.9 Å². The Bertz CT molecular complexity index is 913. The number of thioether (sulfide) groups is 1. The molecule has 0 N–H and O–H groups in total. The molecule has 0 aromatic heterocycles. The lowest BCUT2D eigenvalue weighted by molar-refractivity contribution is -0.201. The number of carbonyl (C=O) groups is 3. The van der Waals surface area contributed by atoms with Crippen LogP contribution in [0.1, 0.15) is 26.3 Å². The van der Waals surface area contributed by atoms with Crippen LogP contribution in [0, 0.1) is 0 Å². The molecule has 0 aliphatic carbocycles. The van der Waals surface area contributed by atoms with Crippen LogP contribution in [0.2, 0.25) is 10.0 Å². The van der Waals surface area contributed by atoms with Crippen molar-refractivity contribution in [2.45, 2.75) is 56.3 Å². The average Bonchev–Trinajstić information content (AvgIpc) is 2.70. The molecule has 0 spiro atoms. The van der Waals surface area contributed by atoms with Crippen LogP contribution in [-0.2, 0) is 39.1 Å². The zero-order chi connectivity index (χ0) is 23.8. The molecular formula is C19H21Cl2N3O7S. The minimum Gasteiger partial charge on any atom is -0.463 e. The molecule has 1 fully saturated rings. The summed E-state index contributed by atoms with van der Waals surface area (Å²) in [5, 5.41) is 4.49. The highest BCUT2D eigenvalue weighted by Crippen LogP contribution is 2.36. The molecule has 0 saturated carbocycles. The van der Waals surface area contributed by atoms with E-state index in [0.717, 1.165) is 5.56 Å². The fraction of sp³-hybridized carbons (Fsp3) is 0.526. The molecule has 1 heterocycles. The summed E-state index contributed by atoms with van der Waals surface area (Å²) < 4.78 is 21.7. The SMILES string of the molecule is CC(=O)OCC1O[C@H](SCc2ccc(Cl)c(Cl)c2)[C@@H](OC(C)=O)C(N=[N+]=[N-])[C@H]1OC(C)=O. The maximum absolute atomic E-state index is 11.8. The van der Waals surface area contributed by atoms with Crippen LogP contribution < -0.4 is 0 Å². The Morgan fingerprint density at radius 2 is 1.75 bits per heavy atom. The summed E-state index contributed by atoms with van der Waals surface area (Å²) in [6, 6.07) is 3.99. The fourth-order valence-corrected chi connectivity index (χ4v) is 4.50. The highest BCUT2D eigenvalue weighted by Gasteiger charge is 2.50. The summed E-state index contributed by atoms with van der Waals surface area (Å²) in [4.78, 5) is 37.6. The summed E-state index contributed by atoms with van der Waals surface area (Å²) in [5.74, 6) is -1.51. The standard InChI is InChI=1S/C19H21Cl2N3O7S/c1-9(25)28-7-15-17(29-10(2)26)16(23-24-22)18(30-11(3)27)19(31-15)32-8-12-4-5-13(20)14(21)6-12/h4-6,15-19H,7-8H2,1-3H3/t15?,16?,17-,18-,19+/m0/s1. The van der Waals surface area contributed by atoms with E-state index in [1.54, 1.807) is 18.2 Å².